The van der Waals surface area contributed by atoms with E-state index < -0.39 is 12.1 Å². The lowest BCUT2D eigenvalue weighted by Gasteiger charge is -2.26. The van der Waals surface area contributed by atoms with Gasteiger partial charge in [0.1, 0.15) is 6.61 Å². The normalized spacial score (nSPS) is 12.8. The molecule has 2 amide bonds. The Morgan fingerprint density at radius 2 is 1.64 bits per heavy atom. The third-order valence-electron chi connectivity index (χ3n) is 5.79. The average Bonchev–Trinajstić information content (AvgIpc) is 3.11. The smallest absolute Gasteiger partial charge is 0.407 e. The number of rotatable bonds is 9. The van der Waals surface area contributed by atoms with Gasteiger partial charge in [0.15, 0.2) is 0 Å². The molecule has 1 aliphatic rings. The van der Waals surface area contributed by atoms with E-state index in [0.29, 0.717) is 5.57 Å². The minimum atomic E-state index is -0.952. The maximum atomic E-state index is 12.6. The Hall–Kier alpha value is -3.61. The molecule has 0 heterocycles. The fraction of sp³-hybridized carbons (Fsp3) is 0.346. The molecular formula is C26H30N2O5. The molecule has 0 bridgehead atoms. The number of benzene rings is 2. The summed E-state index contributed by atoms with van der Waals surface area (Å²) >= 11 is 0. The topological polar surface area (TPSA) is 95.9 Å². The van der Waals surface area contributed by atoms with Crippen molar-refractivity contribution < 1.29 is 24.2 Å². The van der Waals surface area contributed by atoms with E-state index in [0.717, 1.165) is 22.3 Å². The summed E-state index contributed by atoms with van der Waals surface area (Å²) in [5.74, 6) is -1.22. The second-order valence-electron chi connectivity index (χ2n) is 8.33. The number of fused-ring (bicyclic) bond motifs is 3. The van der Waals surface area contributed by atoms with Crippen LogP contribution in [0.25, 0.3) is 11.1 Å². The van der Waals surface area contributed by atoms with Crippen LogP contribution in [0.1, 0.15) is 44.2 Å². The fourth-order valence-electron chi connectivity index (χ4n) is 4.06. The van der Waals surface area contributed by atoms with Gasteiger partial charge >= 0.3 is 12.1 Å². The van der Waals surface area contributed by atoms with Crippen LogP contribution in [0.15, 0.2) is 60.2 Å². The lowest BCUT2D eigenvalue weighted by molar-refractivity contribution is -0.138. The first-order chi connectivity index (χ1) is 15.8. The van der Waals surface area contributed by atoms with Crippen LogP contribution in [0.4, 0.5) is 4.79 Å². The van der Waals surface area contributed by atoms with Gasteiger partial charge in [-0.05, 0) is 43.0 Å². The molecule has 0 fully saturated rings. The second-order valence-corrected chi connectivity index (χ2v) is 8.33. The zero-order valence-corrected chi connectivity index (χ0v) is 19.2. The molecule has 0 aliphatic heterocycles. The zero-order valence-electron chi connectivity index (χ0n) is 19.2. The highest BCUT2D eigenvalue weighted by molar-refractivity contribution is 5.93. The highest BCUT2D eigenvalue weighted by Gasteiger charge is 2.29. The molecule has 0 atom stereocenters. The van der Waals surface area contributed by atoms with Gasteiger partial charge in [-0.15, -0.1) is 0 Å². The molecule has 2 N–H and O–H groups in total. The van der Waals surface area contributed by atoms with Gasteiger partial charge in [0.2, 0.25) is 5.91 Å². The number of amides is 2. The number of nitrogens with zero attached hydrogens (tertiary/aromatic N) is 1. The Morgan fingerprint density at radius 3 is 2.18 bits per heavy atom. The summed E-state index contributed by atoms with van der Waals surface area (Å²) in [6.45, 7) is 5.82. The van der Waals surface area contributed by atoms with Crippen LogP contribution in [0, 0.1) is 0 Å². The van der Waals surface area contributed by atoms with Crippen LogP contribution in [0.5, 0.6) is 0 Å². The lowest BCUT2D eigenvalue weighted by Crippen LogP contribution is -2.39. The van der Waals surface area contributed by atoms with E-state index in [1.165, 1.54) is 4.90 Å². The molecule has 0 radical (unpaired) electrons. The van der Waals surface area contributed by atoms with Crippen LogP contribution >= 0.6 is 0 Å². The standard InChI is InChI=1S/C26H30N2O5/c1-17(2)28(15-13-24(29)30)25(31)18(3)12-14-27-26(32)33-16-23-21-10-6-4-8-19(21)20-9-5-7-11-22(20)23/h4-12,17,23H,13-16H2,1-3H3,(H,27,32)(H,29,30)/b18-12+. The number of hydrogen-bond acceptors (Lipinski definition) is 4. The van der Waals surface area contributed by atoms with Crippen molar-refractivity contribution in [2.45, 2.75) is 39.2 Å². The van der Waals surface area contributed by atoms with Gasteiger partial charge in [0, 0.05) is 30.6 Å². The Bertz CT molecular complexity index is 1010. The first-order valence-corrected chi connectivity index (χ1v) is 11.1. The predicted molar refractivity (Wildman–Crippen MR) is 126 cm³/mol. The molecule has 7 nitrogen and oxygen atoms in total. The zero-order chi connectivity index (χ0) is 24.0. The van der Waals surface area contributed by atoms with Gasteiger partial charge in [-0.2, -0.15) is 0 Å². The van der Waals surface area contributed by atoms with Crippen LogP contribution in [-0.4, -0.2) is 53.7 Å². The summed E-state index contributed by atoms with van der Waals surface area (Å²) < 4.78 is 5.49. The van der Waals surface area contributed by atoms with Crippen molar-refractivity contribution in [1.82, 2.24) is 10.2 Å². The second kappa shape index (κ2) is 10.8. The number of carboxylic acids is 1. The summed E-state index contributed by atoms with van der Waals surface area (Å²) in [5, 5.41) is 11.5. The van der Waals surface area contributed by atoms with Crippen molar-refractivity contribution in [3.05, 3.63) is 71.3 Å². The van der Waals surface area contributed by atoms with Crippen molar-refractivity contribution in [3.8, 4) is 11.1 Å². The summed E-state index contributed by atoms with van der Waals surface area (Å²) in [5.41, 5.74) is 5.05. The van der Waals surface area contributed by atoms with Crippen molar-refractivity contribution in [3.63, 3.8) is 0 Å². The van der Waals surface area contributed by atoms with Gasteiger partial charge in [0.25, 0.3) is 0 Å². The first kappa shape index (κ1) is 24.0. The first-order valence-electron chi connectivity index (χ1n) is 11.1. The monoisotopic (exact) mass is 450 g/mol. The Labute approximate surface area is 194 Å². The summed E-state index contributed by atoms with van der Waals surface area (Å²) in [6, 6.07) is 16.1. The van der Waals surface area contributed by atoms with Gasteiger partial charge in [-0.1, -0.05) is 54.6 Å². The third-order valence-corrected chi connectivity index (χ3v) is 5.79. The highest BCUT2D eigenvalue weighted by atomic mass is 16.5. The molecule has 1 aliphatic carbocycles. The Kier molecular flexibility index (Phi) is 7.87. The van der Waals surface area contributed by atoms with E-state index in [9.17, 15) is 14.4 Å². The molecule has 174 valence electrons. The van der Waals surface area contributed by atoms with Crippen LogP contribution < -0.4 is 5.32 Å². The number of ether oxygens (including phenoxy) is 1. The van der Waals surface area contributed by atoms with Crippen LogP contribution in [-0.2, 0) is 14.3 Å². The molecule has 33 heavy (non-hydrogen) atoms. The largest absolute Gasteiger partial charge is 0.481 e. The number of carbonyl (C=O) groups is 3. The minimum absolute atomic E-state index is 0.0177. The quantitative estimate of drug-likeness (QED) is 0.559. The molecule has 2 aromatic carbocycles. The van der Waals surface area contributed by atoms with Crippen molar-refractivity contribution >= 4 is 18.0 Å². The van der Waals surface area contributed by atoms with E-state index in [4.69, 9.17) is 9.84 Å². The SMILES string of the molecule is C/C(=C\CNC(=O)OCC1c2ccccc2-c2ccccc21)C(=O)N(CCC(=O)O)C(C)C. The summed E-state index contributed by atoms with van der Waals surface area (Å²) in [4.78, 5) is 37.3. The molecule has 2 aromatic rings. The molecule has 3 rings (SSSR count). The highest BCUT2D eigenvalue weighted by Crippen LogP contribution is 2.44. The third kappa shape index (κ3) is 5.80. The van der Waals surface area contributed by atoms with E-state index >= 15 is 0 Å². The lowest BCUT2D eigenvalue weighted by atomic mass is 9.98. The summed E-state index contributed by atoms with van der Waals surface area (Å²) in [7, 11) is 0. The maximum Gasteiger partial charge on any atom is 0.407 e. The number of carbonyl (C=O) groups excluding carboxylic acids is 2. The van der Waals surface area contributed by atoms with Crippen molar-refractivity contribution in [1.29, 1.82) is 0 Å². The number of nitrogens with one attached hydrogen (secondary N) is 1. The van der Waals surface area contributed by atoms with E-state index in [-0.39, 0.29) is 44.0 Å². The molecule has 0 saturated carbocycles. The number of aliphatic carboxylic acids is 1. The van der Waals surface area contributed by atoms with E-state index in [1.54, 1.807) is 13.0 Å². The van der Waals surface area contributed by atoms with Crippen molar-refractivity contribution in [2.75, 3.05) is 19.7 Å². The van der Waals surface area contributed by atoms with Crippen molar-refractivity contribution in [2.24, 2.45) is 0 Å². The van der Waals surface area contributed by atoms with Gasteiger partial charge < -0.3 is 20.1 Å². The molecule has 7 heteroatoms. The van der Waals surface area contributed by atoms with Gasteiger partial charge in [-0.3, -0.25) is 9.59 Å². The summed E-state index contributed by atoms with van der Waals surface area (Å²) in [6.07, 6.45) is 0.940. The van der Waals surface area contributed by atoms with Crippen LogP contribution in [0.3, 0.4) is 0 Å². The van der Waals surface area contributed by atoms with E-state index in [2.05, 4.69) is 29.6 Å². The predicted octanol–water partition coefficient (Wildman–Crippen LogP) is 4.18. The molecular weight excluding hydrogens is 420 g/mol. The Balaban J connectivity index is 1.54. The van der Waals surface area contributed by atoms with Gasteiger partial charge in [-0.25, -0.2) is 4.79 Å². The van der Waals surface area contributed by atoms with Crippen LogP contribution in [0.2, 0.25) is 0 Å². The molecule has 0 unspecified atom stereocenters. The fourth-order valence-corrected chi connectivity index (χ4v) is 4.06. The number of hydrogen-bond donors (Lipinski definition) is 2. The molecule has 0 aromatic heterocycles. The van der Waals surface area contributed by atoms with Gasteiger partial charge in [0.05, 0.1) is 6.42 Å². The molecule has 0 spiro atoms. The minimum Gasteiger partial charge on any atom is -0.481 e. The average molecular weight is 451 g/mol. The number of carboxylic acid groups (broad SMARTS) is 1. The Morgan fingerprint density at radius 1 is 1.06 bits per heavy atom. The number of alkyl carbamates (subject to hydrolysis) is 1. The van der Waals surface area contributed by atoms with E-state index in [1.807, 2.05) is 38.1 Å². The molecule has 0 saturated heterocycles. The maximum absolute atomic E-state index is 12.6.